The third-order valence-electron chi connectivity index (χ3n) is 9.51. The van der Waals surface area contributed by atoms with Gasteiger partial charge in [0.1, 0.15) is 22.8 Å². The monoisotopic (exact) mass is 1260 g/mol. The van der Waals surface area contributed by atoms with Gasteiger partial charge in [0.05, 0.1) is 57.4 Å². The Morgan fingerprint density at radius 1 is 0.662 bits per heavy atom. The van der Waals surface area contributed by atoms with E-state index >= 15 is 0 Å². The number of hydrogen-bond acceptors (Lipinski definition) is 28. The summed E-state index contributed by atoms with van der Waals surface area (Å²) in [6.07, 6.45) is 0. The first-order chi connectivity index (χ1) is 34.4. The molecule has 2 saturated heterocycles. The largest absolute Gasteiger partial charge is 1.00 e. The SMILES string of the molecule is Nc1nc(/C(=C\Cl)C(=O)NC2C(=O)N3C(C(=O)[O-])=C(CSc4nnc(SCC(=O)O)s4)CS[C@H]23)cs1.Nc1nc(/C(=C\Cl)C(=O)NC2C(=O)N3C(C(=O)[O-])=C(CSc4nnc(SCC(=O)O)s4)CS[C@H]23)cs1.[Na+].[Na+]. The normalized spacial score (nSPS) is 19.1. The van der Waals surface area contributed by atoms with Gasteiger partial charge in [0.25, 0.3) is 23.6 Å². The van der Waals surface area contributed by atoms with Gasteiger partial charge >= 0.3 is 71.1 Å². The van der Waals surface area contributed by atoms with Crippen molar-refractivity contribution in [2.45, 2.75) is 40.2 Å². The number of thioether (sulfide) groups is 6. The molecule has 8 N–H and O–H groups in total. The van der Waals surface area contributed by atoms with E-state index in [-0.39, 0.29) is 138 Å². The first kappa shape index (κ1) is 62.2. The second-order valence-electron chi connectivity index (χ2n) is 14.0. The number of nitrogens with one attached hydrogen (secondary N) is 2. The Hall–Kier alpha value is -2.62. The summed E-state index contributed by atoms with van der Waals surface area (Å²) in [5.74, 6) is -6.67. The zero-order chi connectivity index (χ0) is 52.0. The van der Waals surface area contributed by atoms with Crippen LogP contribution >= 0.6 is 139 Å². The topological polar surface area (TPSA) is 383 Å². The van der Waals surface area contributed by atoms with Crippen molar-refractivity contribution in [1.29, 1.82) is 0 Å². The molecule has 24 nitrogen and oxygen atoms in total. The fraction of sp³-hybridized carbons (Fsp3) is 0.278. The number of thiazole rings is 2. The number of carbonyl (C=O) groups is 8. The van der Waals surface area contributed by atoms with Crippen molar-refractivity contribution in [2.75, 3.05) is 46.0 Å². The Morgan fingerprint density at radius 3 is 1.31 bits per heavy atom. The molecule has 0 bridgehead atoms. The maximum absolute atomic E-state index is 12.9. The number of hydrogen-bond donors (Lipinski definition) is 6. The number of β-lactam (4-membered cyclic amide) rings is 2. The minimum absolute atomic E-state index is 0. The Kier molecular flexibility index (Phi) is 23.8. The van der Waals surface area contributed by atoms with E-state index in [0.29, 0.717) is 28.5 Å². The summed E-state index contributed by atoms with van der Waals surface area (Å²) in [6.45, 7) is 0. The van der Waals surface area contributed by atoms with Crippen molar-refractivity contribution in [3.8, 4) is 0 Å². The molecule has 0 radical (unpaired) electrons. The molecule has 8 heterocycles. The van der Waals surface area contributed by atoms with Gasteiger partial charge in [0.15, 0.2) is 27.6 Å². The summed E-state index contributed by atoms with van der Waals surface area (Å²) >= 11 is 23.4. The van der Waals surface area contributed by atoms with E-state index < -0.39 is 70.3 Å². The molecule has 2 unspecified atom stereocenters. The van der Waals surface area contributed by atoms with Crippen LogP contribution in [-0.4, -0.2) is 155 Å². The van der Waals surface area contributed by atoms with E-state index in [9.17, 15) is 48.6 Å². The van der Waals surface area contributed by atoms with E-state index in [1.165, 1.54) is 69.7 Å². The van der Waals surface area contributed by atoms with Gasteiger partial charge in [0, 0.05) is 44.8 Å². The molecule has 4 aromatic heterocycles. The van der Waals surface area contributed by atoms with Crippen LogP contribution in [0.1, 0.15) is 11.4 Å². The minimum Gasteiger partial charge on any atom is -0.543 e. The van der Waals surface area contributed by atoms with Gasteiger partial charge in [-0.25, -0.2) is 9.97 Å². The van der Waals surface area contributed by atoms with Gasteiger partial charge in [-0.05, 0) is 11.1 Å². The van der Waals surface area contributed by atoms with Crippen LogP contribution in [0.5, 0.6) is 0 Å². The fourth-order valence-corrected chi connectivity index (χ4v) is 16.4. The number of fused-ring (bicyclic) bond motifs is 2. The quantitative estimate of drug-likeness (QED) is 0.0209. The summed E-state index contributed by atoms with van der Waals surface area (Å²) < 4.78 is 2.02. The van der Waals surface area contributed by atoms with Crippen LogP contribution in [0.25, 0.3) is 11.1 Å². The Morgan fingerprint density at radius 2 is 1.01 bits per heavy atom. The summed E-state index contributed by atoms with van der Waals surface area (Å²) in [6, 6.07) is -1.91. The Labute approximate surface area is 512 Å². The Balaban J connectivity index is 0.000000267. The fourth-order valence-electron chi connectivity index (χ4n) is 6.44. The number of nitrogen functional groups attached to an aromatic ring is 2. The van der Waals surface area contributed by atoms with Crippen molar-refractivity contribution < 1.29 is 118 Å². The van der Waals surface area contributed by atoms with E-state index in [4.69, 9.17) is 44.9 Å². The molecule has 0 aromatic carbocycles. The molecule has 8 rings (SSSR count). The zero-order valence-electron chi connectivity index (χ0n) is 37.4. The van der Waals surface area contributed by atoms with E-state index in [0.717, 1.165) is 67.1 Å². The van der Waals surface area contributed by atoms with Gasteiger partial charge in [-0.1, -0.05) is 92.9 Å². The number of aliphatic carboxylic acids is 4. The molecule has 0 saturated carbocycles. The standard InChI is InChI=1S/2C18H15ClN6O6S5.2Na/c2*19-1-7(8-4-33-16(20)21-8)12(28)22-10-13(29)25-11(15(30)31)6(2-32-14(10)25)3-34-17-23-24-18(36-17)35-5-9(26)27;;/h2*1,4,10,14H,2-3,5H2,(H2,20,21)(H,22,28)(H,26,27)(H,30,31);;/q;;2*+1/p-2/b2*7-1+;;/t2*10?,14-;;/m11../s1. The van der Waals surface area contributed by atoms with Crippen molar-refractivity contribution >= 4 is 208 Å². The van der Waals surface area contributed by atoms with Gasteiger partial charge in [-0.2, -0.15) is 0 Å². The number of nitrogens with zero attached hydrogens (tertiary/aromatic N) is 8. The smallest absolute Gasteiger partial charge is 0.543 e. The summed E-state index contributed by atoms with van der Waals surface area (Å²) in [4.78, 5) is 107. The first-order valence-electron chi connectivity index (χ1n) is 19.4. The van der Waals surface area contributed by atoms with E-state index in [1.807, 2.05) is 0 Å². The predicted molar refractivity (Wildman–Crippen MR) is 273 cm³/mol. The number of rotatable bonds is 20. The number of carboxylic acids is 4. The number of anilines is 2. The van der Waals surface area contributed by atoms with Crippen molar-refractivity contribution in [3.05, 3.63) is 55.8 Å². The third-order valence-corrected chi connectivity index (χ3v) is 20.5. The van der Waals surface area contributed by atoms with Crippen LogP contribution in [0, 0.1) is 0 Å². The van der Waals surface area contributed by atoms with Gasteiger partial charge in [-0.15, -0.1) is 66.6 Å². The molecule has 38 heteroatoms. The van der Waals surface area contributed by atoms with Crippen LogP contribution in [0.2, 0.25) is 0 Å². The zero-order valence-corrected chi connectivity index (χ0v) is 51.1. The molecule has 0 spiro atoms. The van der Waals surface area contributed by atoms with Crippen molar-refractivity contribution in [2.24, 2.45) is 0 Å². The number of halogens is 2. The summed E-state index contributed by atoms with van der Waals surface area (Å²) in [5.41, 5.74) is 14.4. The second-order valence-corrected chi connectivity index (χ2v) is 25.3. The average Bonchev–Trinajstić information content (AvgIpc) is 4.19. The van der Waals surface area contributed by atoms with Crippen LogP contribution in [0.15, 0.2) is 61.7 Å². The predicted octanol–water partition coefficient (Wildman–Crippen LogP) is -4.93. The molecule has 74 heavy (non-hydrogen) atoms. The van der Waals surface area contributed by atoms with Gasteiger partial charge in [0.2, 0.25) is 0 Å². The molecule has 2 fully saturated rings. The Bertz CT molecular complexity index is 2800. The number of nitrogens with two attached hydrogens (primary N) is 2. The summed E-state index contributed by atoms with van der Waals surface area (Å²) in [7, 11) is 0. The van der Waals surface area contributed by atoms with Gasteiger partial charge in [-0.3, -0.25) is 38.6 Å². The van der Waals surface area contributed by atoms with Crippen LogP contribution in [0.4, 0.5) is 10.3 Å². The second kappa shape index (κ2) is 28.3. The number of carbonyl (C=O) groups excluding carboxylic acids is 6. The number of carboxylic acid groups (broad SMARTS) is 4. The molecule has 4 aliphatic heterocycles. The molecule has 4 atom stereocenters. The molecule has 4 aromatic rings. The van der Waals surface area contributed by atoms with Crippen molar-refractivity contribution in [1.82, 2.24) is 50.8 Å². The maximum Gasteiger partial charge on any atom is 1.00 e. The van der Waals surface area contributed by atoms with Crippen LogP contribution < -0.4 is 91.4 Å². The van der Waals surface area contributed by atoms with Crippen LogP contribution in [0.3, 0.4) is 0 Å². The molecule has 4 aliphatic rings. The van der Waals surface area contributed by atoms with Gasteiger partial charge < -0.3 is 52.1 Å². The molecule has 4 amide bonds. The van der Waals surface area contributed by atoms with Crippen LogP contribution in [-0.2, 0) is 38.4 Å². The summed E-state index contributed by atoms with van der Waals surface area (Å²) in [5, 5.41) is 64.7. The van der Waals surface area contributed by atoms with Crippen molar-refractivity contribution in [3.63, 3.8) is 0 Å². The van der Waals surface area contributed by atoms with E-state index in [1.54, 1.807) is 10.8 Å². The molecular formula is C36H28Cl2N12Na2O12S10. The average molecular weight is 1260 g/mol. The molecule has 380 valence electrons. The first-order valence-corrected chi connectivity index (χ1v) is 29.7. The molecular weight excluding hydrogens is 1230 g/mol. The number of amides is 4. The van der Waals surface area contributed by atoms with E-state index in [2.05, 4.69) is 41.0 Å². The third kappa shape index (κ3) is 14.9. The number of aromatic nitrogens is 6. The maximum atomic E-state index is 12.9. The minimum atomic E-state index is -1.50. The molecule has 0 aliphatic carbocycles.